The number of benzene rings is 2. The first-order valence-corrected chi connectivity index (χ1v) is 10.7. The molecular weight excluding hydrogens is 391 g/mol. The highest BCUT2D eigenvalue weighted by Crippen LogP contribution is 2.41. The number of nitrogens with zero attached hydrogens (tertiary/aromatic N) is 3. The van der Waals surface area contributed by atoms with Crippen LogP contribution in [0.5, 0.6) is 0 Å². The summed E-state index contributed by atoms with van der Waals surface area (Å²) < 4.78 is 16.5. The number of rotatable bonds is 2. The second-order valence-corrected chi connectivity index (χ2v) is 9.25. The van der Waals surface area contributed by atoms with Crippen molar-refractivity contribution < 1.29 is 9.18 Å². The van der Waals surface area contributed by atoms with Crippen molar-refractivity contribution >= 4 is 11.7 Å². The van der Waals surface area contributed by atoms with Gasteiger partial charge in [-0.25, -0.2) is 9.07 Å². The van der Waals surface area contributed by atoms with Crippen molar-refractivity contribution in [2.24, 2.45) is 0 Å². The second kappa shape index (κ2) is 7.15. The number of nitrogens with one attached hydrogen (secondary N) is 1. The Labute approximate surface area is 181 Å². The number of halogens is 1. The van der Waals surface area contributed by atoms with Crippen molar-refractivity contribution in [3.05, 3.63) is 76.7 Å². The van der Waals surface area contributed by atoms with E-state index in [0.29, 0.717) is 29.3 Å². The maximum Gasteiger partial charge on any atom is 0.226 e. The van der Waals surface area contributed by atoms with Crippen molar-refractivity contribution in [2.45, 2.75) is 51.5 Å². The number of hydrogen-bond acceptors (Lipinski definition) is 4. The highest BCUT2D eigenvalue weighted by atomic mass is 19.1. The zero-order valence-corrected chi connectivity index (χ0v) is 17.9. The van der Waals surface area contributed by atoms with E-state index in [4.69, 9.17) is 10.1 Å². The molecular formula is C25H25FN4O. The molecule has 1 N–H and O–H groups in total. The van der Waals surface area contributed by atoms with E-state index in [1.807, 2.05) is 12.1 Å². The van der Waals surface area contributed by atoms with Crippen molar-refractivity contribution in [1.82, 2.24) is 14.8 Å². The lowest BCUT2D eigenvalue weighted by Gasteiger charge is -2.32. The summed E-state index contributed by atoms with van der Waals surface area (Å²) in [6.45, 7) is 6.52. The Balaban J connectivity index is 1.63. The number of allylic oxidation sites excluding steroid dienone is 2. The van der Waals surface area contributed by atoms with E-state index in [9.17, 15) is 9.18 Å². The lowest BCUT2D eigenvalue weighted by atomic mass is 9.85. The van der Waals surface area contributed by atoms with Crippen LogP contribution in [-0.2, 0) is 10.2 Å². The predicted molar refractivity (Wildman–Crippen MR) is 118 cm³/mol. The summed E-state index contributed by atoms with van der Waals surface area (Å²) in [5, 5.41) is 8.03. The number of ketones is 1. The zero-order valence-electron chi connectivity index (χ0n) is 17.9. The summed E-state index contributed by atoms with van der Waals surface area (Å²) in [5.74, 6) is 0.782. The van der Waals surface area contributed by atoms with Crippen molar-refractivity contribution in [3.8, 4) is 11.4 Å². The lowest BCUT2D eigenvalue weighted by molar-refractivity contribution is -0.116. The van der Waals surface area contributed by atoms with Gasteiger partial charge in [-0.2, -0.15) is 4.98 Å². The molecule has 6 heteroatoms. The summed E-state index contributed by atoms with van der Waals surface area (Å²) >= 11 is 0. The highest BCUT2D eigenvalue weighted by Gasteiger charge is 2.38. The maximum atomic E-state index is 14.8. The third kappa shape index (κ3) is 3.36. The molecule has 0 saturated carbocycles. The first-order chi connectivity index (χ1) is 14.8. The molecule has 1 aromatic heterocycles. The van der Waals surface area contributed by atoms with Crippen LogP contribution in [0, 0.1) is 5.82 Å². The number of fused-ring (bicyclic) bond motifs is 1. The predicted octanol–water partition coefficient (Wildman–Crippen LogP) is 5.40. The Morgan fingerprint density at radius 2 is 1.81 bits per heavy atom. The molecule has 158 valence electrons. The zero-order chi connectivity index (χ0) is 21.8. The number of Topliss-reactive ketones (excluding diaryl/α,β-unsaturated/α-hetero) is 1. The molecule has 1 unspecified atom stereocenters. The third-order valence-electron chi connectivity index (χ3n) is 6.08. The largest absolute Gasteiger partial charge is 0.328 e. The van der Waals surface area contributed by atoms with Gasteiger partial charge in [0, 0.05) is 28.8 Å². The number of carbonyl (C=O) groups excluding carboxylic acids is 1. The summed E-state index contributed by atoms with van der Waals surface area (Å²) in [5.41, 5.74) is 4.04. The summed E-state index contributed by atoms with van der Waals surface area (Å²) in [6, 6.07) is 14.2. The first-order valence-electron chi connectivity index (χ1n) is 10.7. The minimum atomic E-state index is -0.615. The van der Waals surface area contributed by atoms with E-state index in [0.717, 1.165) is 24.1 Å². The number of carbonyl (C=O) groups is 1. The fourth-order valence-corrected chi connectivity index (χ4v) is 4.38. The fraction of sp³-hybridized carbons (Fsp3) is 0.320. The van der Waals surface area contributed by atoms with Crippen LogP contribution in [0.15, 0.2) is 59.8 Å². The van der Waals surface area contributed by atoms with Crippen LogP contribution in [0.4, 0.5) is 10.3 Å². The molecule has 0 saturated heterocycles. The molecule has 2 aromatic carbocycles. The van der Waals surface area contributed by atoms with E-state index in [1.54, 1.807) is 22.9 Å². The van der Waals surface area contributed by atoms with Gasteiger partial charge >= 0.3 is 0 Å². The summed E-state index contributed by atoms with van der Waals surface area (Å²) in [6.07, 6.45) is 2.00. The minimum absolute atomic E-state index is 0.0410. The van der Waals surface area contributed by atoms with Crippen LogP contribution in [0.25, 0.3) is 11.4 Å². The average molecular weight is 417 g/mol. The molecule has 1 atom stereocenters. The molecule has 0 radical (unpaired) electrons. The molecule has 0 amide bonds. The van der Waals surface area contributed by atoms with E-state index in [-0.39, 0.29) is 17.0 Å². The average Bonchev–Trinajstić information content (AvgIpc) is 3.16. The number of anilines is 1. The number of aromatic nitrogens is 3. The number of hydrogen-bond donors (Lipinski definition) is 1. The molecule has 0 fully saturated rings. The molecule has 3 aromatic rings. The Kier molecular flexibility index (Phi) is 4.54. The van der Waals surface area contributed by atoms with Crippen LogP contribution in [0.3, 0.4) is 0 Å². The molecule has 2 heterocycles. The SMILES string of the molecule is CC(C)(C)c1ccc(-c2nc3n(n2)C(c2ccccc2F)C2=C(CCCC2=O)N3)cc1. The molecule has 31 heavy (non-hydrogen) atoms. The van der Waals surface area contributed by atoms with Crippen LogP contribution in [0.2, 0.25) is 0 Å². The van der Waals surface area contributed by atoms with Gasteiger partial charge in [-0.15, -0.1) is 5.10 Å². The lowest BCUT2D eigenvalue weighted by Crippen LogP contribution is -2.32. The minimum Gasteiger partial charge on any atom is -0.328 e. The Morgan fingerprint density at radius 3 is 2.52 bits per heavy atom. The molecule has 0 spiro atoms. The van der Waals surface area contributed by atoms with Gasteiger partial charge in [0.15, 0.2) is 11.6 Å². The van der Waals surface area contributed by atoms with Crippen molar-refractivity contribution in [2.75, 3.05) is 5.32 Å². The van der Waals surface area contributed by atoms with Crippen molar-refractivity contribution in [3.63, 3.8) is 0 Å². The second-order valence-electron chi connectivity index (χ2n) is 9.25. The smallest absolute Gasteiger partial charge is 0.226 e. The summed E-state index contributed by atoms with van der Waals surface area (Å²) in [4.78, 5) is 17.6. The molecule has 5 nitrogen and oxygen atoms in total. The van der Waals surface area contributed by atoms with Crippen LogP contribution < -0.4 is 5.32 Å². The van der Waals surface area contributed by atoms with Gasteiger partial charge in [0.25, 0.3) is 0 Å². The van der Waals surface area contributed by atoms with E-state index >= 15 is 0 Å². The van der Waals surface area contributed by atoms with Gasteiger partial charge < -0.3 is 5.32 Å². The Hall–Kier alpha value is -3.28. The van der Waals surface area contributed by atoms with Gasteiger partial charge in [0.2, 0.25) is 5.95 Å². The molecule has 5 rings (SSSR count). The maximum absolute atomic E-state index is 14.8. The van der Waals surface area contributed by atoms with Gasteiger partial charge in [-0.05, 0) is 29.9 Å². The topological polar surface area (TPSA) is 59.8 Å². The van der Waals surface area contributed by atoms with Gasteiger partial charge in [0.05, 0.1) is 0 Å². The highest BCUT2D eigenvalue weighted by molar-refractivity contribution is 5.99. The molecule has 1 aliphatic carbocycles. The fourth-order valence-electron chi connectivity index (χ4n) is 4.38. The van der Waals surface area contributed by atoms with Crippen LogP contribution in [0.1, 0.15) is 57.2 Å². The quantitative estimate of drug-likeness (QED) is 0.607. The van der Waals surface area contributed by atoms with Gasteiger partial charge in [-0.3, -0.25) is 4.79 Å². The first kappa shape index (κ1) is 19.7. The monoisotopic (exact) mass is 416 g/mol. The van der Waals surface area contributed by atoms with Crippen LogP contribution in [-0.4, -0.2) is 20.5 Å². The molecule has 0 bridgehead atoms. The van der Waals surface area contributed by atoms with Gasteiger partial charge in [-0.1, -0.05) is 63.2 Å². The molecule has 1 aliphatic heterocycles. The standard InChI is InChI=1S/C25H25FN4O/c1-25(2,3)16-13-11-15(12-14-16)23-28-24-27-19-9-6-10-20(31)21(19)22(30(24)29-23)17-7-4-5-8-18(17)26/h4-5,7-8,11-14,22H,6,9-10H2,1-3H3,(H,27,28,29). The summed E-state index contributed by atoms with van der Waals surface area (Å²) in [7, 11) is 0. The van der Waals surface area contributed by atoms with E-state index in [2.05, 4.69) is 38.2 Å². The van der Waals surface area contributed by atoms with E-state index in [1.165, 1.54) is 11.6 Å². The Morgan fingerprint density at radius 1 is 1.06 bits per heavy atom. The normalized spacial score (nSPS) is 18.5. The van der Waals surface area contributed by atoms with Crippen molar-refractivity contribution in [1.29, 1.82) is 0 Å². The van der Waals surface area contributed by atoms with Crippen LogP contribution >= 0.6 is 0 Å². The Bertz CT molecular complexity index is 1200. The molecule has 2 aliphatic rings. The third-order valence-corrected chi connectivity index (χ3v) is 6.08. The van der Waals surface area contributed by atoms with E-state index < -0.39 is 6.04 Å². The van der Waals surface area contributed by atoms with Gasteiger partial charge in [0.1, 0.15) is 11.9 Å².